The summed E-state index contributed by atoms with van der Waals surface area (Å²) in [7, 11) is 0. The van der Waals surface area contributed by atoms with Crippen LogP contribution in [-0.2, 0) is 9.59 Å². The van der Waals surface area contributed by atoms with E-state index in [9.17, 15) is 24.3 Å². The lowest BCUT2D eigenvalue weighted by Gasteiger charge is -2.36. The van der Waals surface area contributed by atoms with Gasteiger partial charge in [-0.25, -0.2) is 4.79 Å². The third kappa shape index (κ3) is 6.54. The molecule has 0 unspecified atom stereocenters. The molecule has 3 aliphatic rings. The van der Waals surface area contributed by atoms with E-state index in [0.29, 0.717) is 39.1 Å². The highest BCUT2D eigenvalue weighted by Gasteiger charge is 2.36. The molecule has 1 aromatic rings. The minimum atomic E-state index is -1.11. The molecular formula is C26H36N4O6. The Morgan fingerprint density at radius 2 is 1.72 bits per heavy atom. The van der Waals surface area contributed by atoms with Crippen LogP contribution < -0.4 is 10.1 Å². The molecule has 10 heteroatoms. The Kier molecular flexibility index (Phi) is 8.45. The zero-order chi connectivity index (χ0) is 25.7. The SMILES string of the molecule is C[C@@H](NC(=O)[C@H]1CCCN1C(=O)O)C(=O)N1CCN(CCCOc2ccc(C(=O)C3CC3)cc2)CC1. The van der Waals surface area contributed by atoms with Gasteiger partial charge in [-0.2, -0.15) is 0 Å². The molecule has 2 saturated heterocycles. The number of carbonyl (C=O) groups is 4. The highest BCUT2D eigenvalue weighted by Crippen LogP contribution is 2.32. The summed E-state index contributed by atoms with van der Waals surface area (Å²) in [6, 6.07) is 5.97. The standard InChI is InChI=1S/C26H36N4O6/c1-18(27-24(32)22-4-2-12-30(22)26(34)35)25(33)29-15-13-28(14-16-29)11-3-17-36-21-9-7-20(8-10-21)23(31)19-5-6-19/h7-10,18-19,22H,2-6,11-17H2,1H3,(H,27,32)(H,34,35)/t18-,22-/m1/s1. The van der Waals surface area contributed by atoms with Gasteiger partial charge in [0.25, 0.3) is 0 Å². The number of nitrogens with one attached hydrogen (secondary N) is 1. The molecule has 10 nitrogen and oxygen atoms in total. The number of amides is 3. The van der Waals surface area contributed by atoms with Crippen molar-refractivity contribution >= 4 is 23.7 Å². The Balaban J connectivity index is 1.12. The van der Waals surface area contributed by atoms with Crippen molar-refractivity contribution < 1.29 is 29.0 Å². The summed E-state index contributed by atoms with van der Waals surface area (Å²) < 4.78 is 5.82. The van der Waals surface area contributed by atoms with Gasteiger partial charge in [0.2, 0.25) is 11.8 Å². The summed E-state index contributed by atoms with van der Waals surface area (Å²) in [5.74, 6) is 0.664. The van der Waals surface area contributed by atoms with Crippen molar-refractivity contribution in [1.82, 2.24) is 20.0 Å². The normalized spacial score (nSPS) is 21.2. The molecule has 3 amide bonds. The Bertz CT molecular complexity index is 956. The maximum absolute atomic E-state index is 12.8. The molecule has 0 bridgehead atoms. The minimum Gasteiger partial charge on any atom is -0.494 e. The molecule has 1 aliphatic carbocycles. The fraction of sp³-hybridized carbons (Fsp3) is 0.615. The Morgan fingerprint density at radius 3 is 2.36 bits per heavy atom. The second-order valence-corrected chi connectivity index (χ2v) is 9.90. The lowest BCUT2D eigenvalue weighted by molar-refractivity contribution is -0.138. The van der Waals surface area contributed by atoms with Crippen LogP contribution in [0, 0.1) is 5.92 Å². The van der Waals surface area contributed by atoms with Gasteiger partial charge in [0.05, 0.1) is 6.61 Å². The molecule has 4 rings (SSSR count). The van der Waals surface area contributed by atoms with Crippen LogP contribution in [0.5, 0.6) is 5.75 Å². The number of Topliss-reactive ketones (excluding diaryl/α,β-unsaturated/α-hetero) is 1. The lowest BCUT2D eigenvalue weighted by atomic mass is 10.1. The monoisotopic (exact) mass is 500 g/mol. The van der Waals surface area contributed by atoms with Crippen molar-refractivity contribution in [3.05, 3.63) is 29.8 Å². The number of ether oxygens (including phenoxy) is 1. The summed E-state index contributed by atoms with van der Waals surface area (Å²) in [4.78, 5) is 53.9. The number of hydrogen-bond acceptors (Lipinski definition) is 6. The van der Waals surface area contributed by atoms with Crippen molar-refractivity contribution in [3.8, 4) is 5.75 Å². The summed E-state index contributed by atoms with van der Waals surface area (Å²) in [6.45, 7) is 6.10. The summed E-state index contributed by atoms with van der Waals surface area (Å²) in [6.07, 6.45) is 2.88. The molecular weight excluding hydrogens is 464 g/mol. The largest absolute Gasteiger partial charge is 0.494 e. The molecule has 0 aromatic heterocycles. The van der Waals surface area contributed by atoms with Gasteiger partial charge in [-0.05, 0) is 63.3 Å². The number of likely N-dealkylation sites (tertiary alicyclic amines) is 1. The molecule has 1 saturated carbocycles. The van der Waals surface area contributed by atoms with Crippen molar-refractivity contribution in [2.45, 2.75) is 51.1 Å². The number of carbonyl (C=O) groups excluding carboxylic acids is 3. The number of nitrogens with zero attached hydrogens (tertiary/aromatic N) is 3. The summed E-state index contributed by atoms with van der Waals surface area (Å²) >= 11 is 0. The van der Waals surface area contributed by atoms with E-state index in [0.717, 1.165) is 55.1 Å². The maximum Gasteiger partial charge on any atom is 0.407 e. The first-order valence-corrected chi connectivity index (χ1v) is 12.9. The zero-order valence-electron chi connectivity index (χ0n) is 20.9. The minimum absolute atomic E-state index is 0.144. The van der Waals surface area contributed by atoms with E-state index in [4.69, 9.17) is 4.74 Å². The number of benzene rings is 1. The van der Waals surface area contributed by atoms with Crippen LogP contribution in [-0.4, -0.2) is 101 Å². The average molecular weight is 501 g/mol. The van der Waals surface area contributed by atoms with Gasteiger partial charge in [-0.1, -0.05) is 0 Å². The van der Waals surface area contributed by atoms with Gasteiger partial charge in [0, 0.05) is 50.7 Å². The predicted molar refractivity (Wildman–Crippen MR) is 132 cm³/mol. The predicted octanol–water partition coefficient (Wildman–Crippen LogP) is 1.84. The number of piperazine rings is 1. The number of carboxylic acid groups (broad SMARTS) is 1. The Hall–Kier alpha value is -3.14. The van der Waals surface area contributed by atoms with Crippen LogP contribution >= 0.6 is 0 Å². The smallest absolute Gasteiger partial charge is 0.407 e. The van der Waals surface area contributed by atoms with E-state index >= 15 is 0 Å². The second kappa shape index (κ2) is 11.7. The highest BCUT2D eigenvalue weighted by atomic mass is 16.5. The zero-order valence-corrected chi connectivity index (χ0v) is 20.9. The van der Waals surface area contributed by atoms with E-state index in [1.165, 1.54) is 0 Å². The van der Waals surface area contributed by atoms with Crippen LogP contribution in [0.25, 0.3) is 0 Å². The fourth-order valence-corrected chi connectivity index (χ4v) is 4.88. The first kappa shape index (κ1) is 25.9. The van der Waals surface area contributed by atoms with Gasteiger partial charge in [0.1, 0.15) is 17.8 Å². The number of rotatable bonds is 10. The van der Waals surface area contributed by atoms with Crippen molar-refractivity contribution in [2.75, 3.05) is 45.9 Å². The second-order valence-electron chi connectivity index (χ2n) is 9.90. The first-order valence-electron chi connectivity index (χ1n) is 12.9. The summed E-state index contributed by atoms with van der Waals surface area (Å²) in [5.41, 5.74) is 0.756. The van der Waals surface area contributed by atoms with Crippen LogP contribution in [0.3, 0.4) is 0 Å². The van der Waals surface area contributed by atoms with Crippen molar-refractivity contribution in [2.24, 2.45) is 5.92 Å². The molecule has 0 spiro atoms. The third-order valence-corrected chi connectivity index (χ3v) is 7.19. The van der Waals surface area contributed by atoms with Crippen LogP contribution in [0.4, 0.5) is 4.79 Å². The van der Waals surface area contributed by atoms with Gasteiger partial charge >= 0.3 is 6.09 Å². The third-order valence-electron chi connectivity index (χ3n) is 7.19. The van der Waals surface area contributed by atoms with Gasteiger partial charge in [0.15, 0.2) is 5.78 Å². The molecule has 196 valence electrons. The van der Waals surface area contributed by atoms with Crippen molar-refractivity contribution in [1.29, 1.82) is 0 Å². The van der Waals surface area contributed by atoms with E-state index in [1.54, 1.807) is 11.8 Å². The molecule has 2 N–H and O–H groups in total. The molecule has 2 atom stereocenters. The maximum atomic E-state index is 12.8. The van der Waals surface area contributed by atoms with Crippen molar-refractivity contribution in [3.63, 3.8) is 0 Å². The molecule has 2 heterocycles. The number of ketones is 1. The van der Waals surface area contributed by atoms with Crippen LogP contribution in [0.15, 0.2) is 24.3 Å². The first-order chi connectivity index (χ1) is 17.3. The van der Waals surface area contributed by atoms with Gasteiger partial charge < -0.3 is 20.1 Å². The van der Waals surface area contributed by atoms with Crippen LogP contribution in [0.2, 0.25) is 0 Å². The molecule has 3 fully saturated rings. The molecule has 1 aromatic carbocycles. The average Bonchev–Trinajstić information content (AvgIpc) is 3.61. The number of hydrogen-bond donors (Lipinski definition) is 2. The quantitative estimate of drug-likeness (QED) is 0.372. The van der Waals surface area contributed by atoms with Gasteiger partial charge in [-0.3, -0.25) is 24.2 Å². The fourth-order valence-electron chi connectivity index (χ4n) is 4.88. The van der Waals surface area contributed by atoms with Gasteiger partial charge in [-0.15, -0.1) is 0 Å². The molecule has 2 aliphatic heterocycles. The molecule has 36 heavy (non-hydrogen) atoms. The van der Waals surface area contributed by atoms with E-state index in [1.807, 2.05) is 24.3 Å². The van der Waals surface area contributed by atoms with E-state index in [-0.39, 0.29) is 17.6 Å². The lowest BCUT2D eigenvalue weighted by Crippen LogP contribution is -2.56. The topological polar surface area (TPSA) is 119 Å². The Labute approximate surface area is 211 Å². The highest BCUT2D eigenvalue weighted by molar-refractivity contribution is 5.99. The summed E-state index contributed by atoms with van der Waals surface area (Å²) in [5, 5.41) is 11.9. The van der Waals surface area contributed by atoms with E-state index in [2.05, 4.69) is 10.2 Å². The van der Waals surface area contributed by atoms with E-state index < -0.39 is 24.1 Å². The molecule has 0 radical (unpaired) electrons. The van der Waals surface area contributed by atoms with Crippen LogP contribution in [0.1, 0.15) is 49.4 Å². The Morgan fingerprint density at radius 1 is 1.03 bits per heavy atom.